The van der Waals surface area contributed by atoms with Crippen LogP contribution in [0.1, 0.15) is 10.4 Å². The number of nitrogens with zero attached hydrogens (tertiary/aromatic N) is 3. The Kier molecular flexibility index (Phi) is 6.12. The number of fused-ring (bicyclic) bond motifs is 1. The molecule has 0 aliphatic heterocycles. The monoisotopic (exact) mass is 483 g/mol. The normalized spacial score (nSPS) is 11.3. The van der Waals surface area contributed by atoms with E-state index < -0.39 is 15.7 Å². The number of carbonyl (C=O) groups excluding carboxylic acids is 2. The molecule has 4 aromatic rings. The van der Waals surface area contributed by atoms with Crippen LogP contribution in [0.2, 0.25) is 5.02 Å². The lowest BCUT2D eigenvalue weighted by Crippen LogP contribution is -2.19. The number of rotatable bonds is 6. The van der Waals surface area contributed by atoms with Crippen molar-refractivity contribution in [3.05, 3.63) is 77.3 Å². The molecule has 0 aliphatic carbocycles. The number of hydrogen-bond donors (Lipinski definition) is 2. The van der Waals surface area contributed by atoms with Crippen molar-refractivity contribution in [2.24, 2.45) is 0 Å². The quantitative estimate of drug-likeness (QED) is 0.433. The van der Waals surface area contributed by atoms with Gasteiger partial charge in [0.25, 0.3) is 5.91 Å². The lowest BCUT2D eigenvalue weighted by Gasteiger charge is -2.11. The number of aromatic nitrogens is 3. The third kappa shape index (κ3) is 5.18. The van der Waals surface area contributed by atoms with E-state index >= 15 is 0 Å². The Morgan fingerprint density at radius 1 is 1.00 bits per heavy atom. The van der Waals surface area contributed by atoms with Crippen LogP contribution in [-0.4, -0.2) is 41.5 Å². The number of hydrogen-bond acceptors (Lipinski definition) is 6. The third-order valence-corrected chi connectivity index (χ3v) is 6.16. The summed E-state index contributed by atoms with van der Waals surface area (Å²) in [4.78, 5) is 25.0. The van der Waals surface area contributed by atoms with Crippen LogP contribution in [0.4, 0.5) is 11.4 Å². The standard InChI is InChI=1S/C22H18ClN5O4S/c1-33(31,32)16-6-4-5-14(11-16)22(30)25-18-10-9-15(12-17(18)23)24-21(29)13-28-20-8-3-2-7-19(20)26-27-28/h2-12H,13H2,1H3,(H,24,29)(H,25,30). The van der Waals surface area contributed by atoms with E-state index in [9.17, 15) is 18.0 Å². The van der Waals surface area contributed by atoms with Crippen LogP contribution in [0.15, 0.2) is 71.6 Å². The predicted molar refractivity (Wildman–Crippen MR) is 125 cm³/mol. The summed E-state index contributed by atoms with van der Waals surface area (Å²) in [6, 6.07) is 17.6. The zero-order valence-corrected chi connectivity index (χ0v) is 18.9. The fourth-order valence-corrected chi connectivity index (χ4v) is 4.02. The average Bonchev–Trinajstić information content (AvgIpc) is 3.18. The number of amides is 2. The van der Waals surface area contributed by atoms with Crippen LogP contribution in [0.25, 0.3) is 11.0 Å². The Balaban J connectivity index is 1.43. The van der Waals surface area contributed by atoms with Gasteiger partial charge in [-0.3, -0.25) is 9.59 Å². The molecule has 0 fully saturated rings. The van der Waals surface area contributed by atoms with E-state index in [-0.39, 0.29) is 27.9 Å². The molecule has 33 heavy (non-hydrogen) atoms. The van der Waals surface area contributed by atoms with E-state index in [1.807, 2.05) is 18.2 Å². The number of nitrogens with one attached hydrogen (secondary N) is 2. The molecular formula is C22H18ClN5O4S. The molecule has 0 aliphatic rings. The Hall–Kier alpha value is -3.76. The van der Waals surface area contributed by atoms with Crippen LogP contribution in [0, 0.1) is 0 Å². The third-order valence-electron chi connectivity index (χ3n) is 4.74. The van der Waals surface area contributed by atoms with E-state index in [1.54, 1.807) is 18.2 Å². The Morgan fingerprint density at radius 3 is 2.55 bits per heavy atom. The van der Waals surface area contributed by atoms with Crippen LogP contribution in [0.5, 0.6) is 0 Å². The van der Waals surface area contributed by atoms with E-state index in [2.05, 4.69) is 20.9 Å². The van der Waals surface area contributed by atoms with Crippen LogP contribution in [-0.2, 0) is 21.2 Å². The van der Waals surface area contributed by atoms with Crippen LogP contribution in [0.3, 0.4) is 0 Å². The summed E-state index contributed by atoms with van der Waals surface area (Å²) >= 11 is 6.28. The van der Waals surface area contributed by atoms with Crippen molar-refractivity contribution < 1.29 is 18.0 Å². The highest BCUT2D eigenvalue weighted by molar-refractivity contribution is 7.90. The molecule has 1 heterocycles. The molecular weight excluding hydrogens is 466 g/mol. The molecule has 9 nitrogen and oxygen atoms in total. The minimum atomic E-state index is -3.44. The van der Waals surface area contributed by atoms with Crippen molar-refractivity contribution in [2.75, 3.05) is 16.9 Å². The van der Waals surface area contributed by atoms with Gasteiger partial charge in [0.1, 0.15) is 12.1 Å². The first-order chi connectivity index (χ1) is 15.7. The van der Waals surface area contributed by atoms with Gasteiger partial charge in [-0.15, -0.1) is 5.10 Å². The molecule has 11 heteroatoms. The van der Waals surface area contributed by atoms with Gasteiger partial charge in [0.15, 0.2) is 9.84 Å². The van der Waals surface area contributed by atoms with Gasteiger partial charge in [-0.05, 0) is 48.5 Å². The van der Waals surface area contributed by atoms with E-state index in [0.29, 0.717) is 16.9 Å². The highest BCUT2D eigenvalue weighted by Crippen LogP contribution is 2.26. The fourth-order valence-electron chi connectivity index (χ4n) is 3.13. The van der Waals surface area contributed by atoms with Gasteiger partial charge in [-0.2, -0.15) is 0 Å². The number of halogens is 1. The minimum absolute atomic E-state index is 0.0344. The maximum absolute atomic E-state index is 12.5. The molecule has 1 aromatic heterocycles. The summed E-state index contributed by atoms with van der Waals surface area (Å²) in [7, 11) is -3.44. The van der Waals surface area contributed by atoms with Gasteiger partial charge in [0, 0.05) is 17.5 Å². The highest BCUT2D eigenvalue weighted by atomic mass is 35.5. The molecule has 0 saturated carbocycles. The molecule has 0 atom stereocenters. The van der Waals surface area contributed by atoms with Crippen molar-refractivity contribution in [3.8, 4) is 0 Å². The van der Waals surface area contributed by atoms with E-state index in [1.165, 1.54) is 35.0 Å². The second kappa shape index (κ2) is 9.00. The first kappa shape index (κ1) is 22.4. The average molecular weight is 484 g/mol. The van der Waals surface area contributed by atoms with E-state index in [0.717, 1.165) is 11.8 Å². The SMILES string of the molecule is CS(=O)(=O)c1cccc(C(=O)Nc2ccc(NC(=O)Cn3nnc4ccccc43)cc2Cl)c1. The molecule has 2 amide bonds. The van der Waals surface area contributed by atoms with Crippen LogP contribution < -0.4 is 10.6 Å². The van der Waals surface area contributed by atoms with Crippen LogP contribution >= 0.6 is 11.6 Å². The number of anilines is 2. The maximum atomic E-state index is 12.5. The Labute approximate surface area is 194 Å². The van der Waals surface area contributed by atoms with Crippen molar-refractivity contribution in [1.29, 1.82) is 0 Å². The highest BCUT2D eigenvalue weighted by Gasteiger charge is 2.14. The smallest absolute Gasteiger partial charge is 0.255 e. The largest absolute Gasteiger partial charge is 0.324 e. The van der Waals surface area contributed by atoms with Gasteiger partial charge in [-0.1, -0.05) is 35.0 Å². The fraction of sp³-hybridized carbons (Fsp3) is 0.0909. The second-order valence-corrected chi connectivity index (χ2v) is 9.66. The summed E-state index contributed by atoms with van der Waals surface area (Å²) in [5.74, 6) is -0.839. The summed E-state index contributed by atoms with van der Waals surface area (Å²) in [6.07, 6.45) is 1.07. The summed E-state index contributed by atoms with van der Waals surface area (Å²) in [6.45, 7) is -0.0344. The molecule has 0 bridgehead atoms. The molecule has 2 N–H and O–H groups in total. The second-order valence-electron chi connectivity index (χ2n) is 7.23. The van der Waals surface area contributed by atoms with Gasteiger partial charge in [0.05, 0.1) is 21.1 Å². The van der Waals surface area contributed by atoms with Crippen molar-refractivity contribution in [1.82, 2.24) is 15.0 Å². The van der Waals surface area contributed by atoms with Crippen molar-refractivity contribution in [3.63, 3.8) is 0 Å². The Morgan fingerprint density at radius 2 is 1.79 bits per heavy atom. The predicted octanol–water partition coefficient (Wildman–Crippen LogP) is 3.38. The first-order valence-electron chi connectivity index (χ1n) is 9.70. The lowest BCUT2D eigenvalue weighted by molar-refractivity contribution is -0.116. The Bertz CT molecular complexity index is 1480. The van der Waals surface area contributed by atoms with Gasteiger partial charge in [-0.25, -0.2) is 13.1 Å². The molecule has 0 radical (unpaired) electrons. The molecule has 0 unspecified atom stereocenters. The molecule has 3 aromatic carbocycles. The summed E-state index contributed by atoms with van der Waals surface area (Å²) in [5.41, 5.74) is 2.35. The van der Waals surface area contributed by atoms with Crippen molar-refractivity contribution in [2.45, 2.75) is 11.4 Å². The molecule has 4 rings (SSSR count). The van der Waals surface area contributed by atoms with Gasteiger partial charge < -0.3 is 10.6 Å². The topological polar surface area (TPSA) is 123 Å². The van der Waals surface area contributed by atoms with Gasteiger partial charge >= 0.3 is 0 Å². The zero-order valence-electron chi connectivity index (χ0n) is 17.3. The van der Waals surface area contributed by atoms with Gasteiger partial charge in [0.2, 0.25) is 5.91 Å². The molecule has 0 saturated heterocycles. The van der Waals surface area contributed by atoms with Crippen molar-refractivity contribution >= 4 is 55.7 Å². The number of sulfone groups is 1. The first-order valence-corrected chi connectivity index (χ1v) is 12.0. The minimum Gasteiger partial charge on any atom is -0.324 e. The maximum Gasteiger partial charge on any atom is 0.255 e. The number of para-hydroxylation sites is 1. The number of benzene rings is 3. The number of carbonyl (C=O) groups is 2. The lowest BCUT2D eigenvalue weighted by atomic mass is 10.2. The zero-order chi connectivity index (χ0) is 23.6. The summed E-state index contributed by atoms with van der Waals surface area (Å²) in [5, 5.41) is 13.6. The molecule has 168 valence electrons. The molecule has 0 spiro atoms. The summed E-state index contributed by atoms with van der Waals surface area (Å²) < 4.78 is 24.9. The van der Waals surface area contributed by atoms with E-state index in [4.69, 9.17) is 11.6 Å².